The number of hydrazine groups is 1. The zero-order valence-electron chi connectivity index (χ0n) is 47.3. The number of carbonyl (C=O) groups excluding carboxylic acids is 4. The number of aliphatic hydroxyl groups is 1. The molecular weight excluding hydrogens is 1110 g/mol. The number of aryl methyl sites for hydroxylation is 1. The second-order valence-electron chi connectivity index (χ2n) is 23.5. The molecule has 3 aromatic carbocycles. The van der Waals surface area contributed by atoms with Crippen molar-refractivity contribution in [3.8, 4) is 21.6 Å². The van der Waals surface area contributed by atoms with Crippen molar-refractivity contribution in [2.75, 3.05) is 81.3 Å². The van der Waals surface area contributed by atoms with Crippen LogP contribution < -0.4 is 19.9 Å². The van der Waals surface area contributed by atoms with Gasteiger partial charge in [-0.15, -0.1) is 11.3 Å². The van der Waals surface area contributed by atoms with Crippen LogP contribution in [0.1, 0.15) is 93.0 Å². The summed E-state index contributed by atoms with van der Waals surface area (Å²) in [5.41, 5.74) is 5.31. The first kappa shape index (κ1) is 59.4. The molecule has 7 heterocycles. The minimum atomic E-state index is -3.50. The molecule has 4 saturated heterocycles. The van der Waals surface area contributed by atoms with E-state index in [9.17, 15) is 37.1 Å². The Morgan fingerprint density at radius 1 is 0.867 bits per heavy atom. The number of alkyl halides is 1. The van der Waals surface area contributed by atoms with Crippen LogP contribution in [-0.2, 0) is 25.3 Å². The van der Waals surface area contributed by atoms with Crippen LogP contribution in [0.25, 0.3) is 32.6 Å². The minimum absolute atomic E-state index is 0.00432. The number of hydrogen-bond donors (Lipinski definition) is 5. The quantitative estimate of drug-likeness (QED) is 0.0459. The van der Waals surface area contributed by atoms with Crippen molar-refractivity contribution in [2.24, 2.45) is 11.3 Å². The Morgan fingerprint density at radius 2 is 1.58 bits per heavy atom. The van der Waals surface area contributed by atoms with Crippen LogP contribution in [0.2, 0.25) is 0 Å². The molecule has 4 aliphatic rings. The Labute approximate surface area is 487 Å². The standard InChI is InChI=1S/C60H72F3N11O7S2/c1-36(39-7-9-41(10-8-39)55-37(2)66-35-82-55)67-58(78)50-28-45(75)33-73(50)59(79)56(60(3,4)5)68-51(76)34-70-21-6-20-69(25-26-70)31-38-17-22-71(23-18-38)44-13-11-40(12-14-44)42-27-46-47(30-65-57(46)64-29-42)54(77)52-48(62)15-16-49(53(52)63)74(83(80)81)72-24-19-43(61)32-72/h7-16,27,29-30,35-36,38,43,45,50,56,75,83H,6,17-26,28,31-34H2,1-5H3,(H,64,65)(H,67,78)(H,68,76)/t36-,43+,45+,50-,56+/m0/s1. The summed E-state index contributed by atoms with van der Waals surface area (Å²) in [5, 5.41) is 18.3. The maximum Gasteiger partial charge on any atom is 0.246 e. The predicted molar refractivity (Wildman–Crippen MR) is 314 cm³/mol. The first-order valence-corrected chi connectivity index (χ1v) is 30.4. The number of pyridine rings is 1. The van der Waals surface area contributed by atoms with Crippen LogP contribution >= 0.6 is 11.3 Å². The fourth-order valence-corrected chi connectivity index (χ4v) is 13.5. The third kappa shape index (κ3) is 13.3. The number of ketones is 1. The molecule has 23 heteroatoms. The highest BCUT2D eigenvalue weighted by atomic mass is 32.2. The van der Waals surface area contributed by atoms with E-state index in [0.717, 1.165) is 109 Å². The molecular formula is C60H72F3N11O7S2. The zero-order valence-corrected chi connectivity index (χ0v) is 49.0. The lowest BCUT2D eigenvalue weighted by Crippen LogP contribution is -2.58. The second-order valence-corrected chi connectivity index (χ2v) is 25.2. The average Bonchev–Trinajstić information content (AvgIpc) is 4.40. The van der Waals surface area contributed by atoms with Crippen molar-refractivity contribution in [3.05, 3.63) is 119 Å². The van der Waals surface area contributed by atoms with Crippen LogP contribution in [0, 0.1) is 29.9 Å². The fraction of sp³-hybridized carbons (Fsp3) is 0.467. The van der Waals surface area contributed by atoms with Crippen molar-refractivity contribution < 1.29 is 45.9 Å². The van der Waals surface area contributed by atoms with Crippen molar-refractivity contribution in [3.63, 3.8) is 0 Å². The van der Waals surface area contributed by atoms with Crippen molar-refractivity contribution in [2.45, 2.75) is 97.1 Å². The molecule has 4 fully saturated rings. The number of fused-ring (bicyclic) bond motifs is 1. The van der Waals surface area contributed by atoms with E-state index in [2.05, 4.69) is 40.3 Å². The molecule has 4 N–H and O–H groups in total. The number of nitrogens with zero attached hydrogens (tertiary/aromatic N) is 8. The van der Waals surface area contributed by atoms with E-state index < -0.39 is 75.2 Å². The predicted octanol–water partition coefficient (Wildman–Crippen LogP) is 7.06. The number of amides is 3. The minimum Gasteiger partial charge on any atom is -0.391 e. The highest BCUT2D eigenvalue weighted by molar-refractivity contribution is 7.73. The third-order valence-electron chi connectivity index (χ3n) is 16.6. The molecule has 0 saturated carbocycles. The molecule has 0 spiro atoms. The van der Waals surface area contributed by atoms with E-state index >= 15 is 8.78 Å². The second kappa shape index (κ2) is 25.2. The van der Waals surface area contributed by atoms with Crippen molar-refractivity contribution in [1.29, 1.82) is 0 Å². The average molecular weight is 1180 g/mol. The molecule has 3 aromatic heterocycles. The highest BCUT2D eigenvalue weighted by Gasteiger charge is 2.45. The van der Waals surface area contributed by atoms with Crippen LogP contribution in [0.5, 0.6) is 0 Å². The van der Waals surface area contributed by atoms with Gasteiger partial charge in [-0.3, -0.25) is 24.1 Å². The number of thiazole rings is 1. The number of halogens is 3. The van der Waals surface area contributed by atoms with Crippen LogP contribution in [0.4, 0.5) is 24.5 Å². The molecule has 0 unspecified atom stereocenters. The Kier molecular flexibility index (Phi) is 18.0. The van der Waals surface area contributed by atoms with Gasteiger partial charge in [-0.2, -0.15) is 4.41 Å². The van der Waals surface area contributed by atoms with Gasteiger partial charge >= 0.3 is 0 Å². The van der Waals surface area contributed by atoms with E-state index in [0.29, 0.717) is 33.5 Å². The molecule has 83 heavy (non-hydrogen) atoms. The third-order valence-corrected chi connectivity index (χ3v) is 18.4. The van der Waals surface area contributed by atoms with Gasteiger partial charge in [-0.1, -0.05) is 57.2 Å². The van der Waals surface area contributed by atoms with Crippen LogP contribution in [0.15, 0.2) is 84.6 Å². The number of thiol groups is 1. The molecule has 18 nitrogen and oxygen atoms in total. The van der Waals surface area contributed by atoms with Crippen molar-refractivity contribution >= 4 is 68.1 Å². The first-order valence-electron chi connectivity index (χ1n) is 28.4. The summed E-state index contributed by atoms with van der Waals surface area (Å²) in [4.78, 5) is 77.2. The van der Waals surface area contributed by atoms with Gasteiger partial charge in [0, 0.05) is 86.8 Å². The summed E-state index contributed by atoms with van der Waals surface area (Å²) in [6.07, 6.45) is 3.79. The molecule has 10 rings (SSSR count). The van der Waals surface area contributed by atoms with Crippen LogP contribution in [0.3, 0.4) is 0 Å². The molecule has 0 radical (unpaired) electrons. The van der Waals surface area contributed by atoms with Gasteiger partial charge in [0.05, 0.1) is 46.9 Å². The number of aromatic amines is 1. The SMILES string of the molecule is Cc1ncsc1-c1ccc([C@H](C)NC(=O)[C@@H]2C[C@@H](O)CN2C(=O)[C@@H](NC(=O)CN2CCCN(CC3CCN(c4ccc(-c5cnc6[nH]cc(C(=O)c7c(F)ccc(N(N8CC[C@@H](F)C8)[SH](=O)=O)c7F)c6c5)cc4)CC3)CC2)C(C)(C)C)cc1. The topological polar surface area (TPSA) is 208 Å². The molecule has 6 aromatic rings. The van der Waals surface area contributed by atoms with Crippen LogP contribution in [-0.4, -0.2) is 168 Å². The lowest BCUT2D eigenvalue weighted by Gasteiger charge is -2.36. The number of β-amino-alcohol motifs (C(OH)–C–C–N with tert-alkyl or cyclic N) is 1. The smallest absolute Gasteiger partial charge is 0.246 e. The Hall–Kier alpha value is -6.76. The summed E-state index contributed by atoms with van der Waals surface area (Å²) in [5.74, 6) is -4.09. The summed E-state index contributed by atoms with van der Waals surface area (Å²) < 4.78 is 70.6. The summed E-state index contributed by atoms with van der Waals surface area (Å²) >= 11 is 1.57. The molecule has 3 amide bonds. The van der Waals surface area contributed by atoms with Gasteiger partial charge in [0.1, 0.15) is 35.4 Å². The normalized spacial score (nSPS) is 20.4. The molecule has 0 aliphatic carbocycles. The van der Waals surface area contributed by atoms with E-state index in [1.807, 2.05) is 88.7 Å². The Balaban J connectivity index is 0.696. The number of aliphatic hydroxyl groups excluding tert-OH is 1. The number of piperidine rings is 1. The lowest BCUT2D eigenvalue weighted by molar-refractivity contribution is -0.144. The number of rotatable bonds is 17. The fourth-order valence-electron chi connectivity index (χ4n) is 12.0. The number of anilines is 2. The molecule has 5 atom stereocenters. The van der Waals surface area contributed by atoms with Gasteiger partial charge < -0.3 is 35.4 Å². The van der Waals surface area contributed by atoms with Gasteiger partial charge in [-0.05, 0) is 111 Å². The van der Waals surface area contributed by atoms with E-state index in [4.69, 9.17) is 0 Å². The molecule has 442 valence electrons. The number of likely N-dealkylation sites (tertiary alicyclic amines) is 1. The number of hydrogen-bond acceptors (Lipinski definition) is 14. The monoisotopic (exact) mass is 1180 g/mol. The Morgan fingerprint density at radius 3 is 2.25 bits per heavy atom. The highest BCUT2D eigenvalue weighted by Crippen LogP contribution is 2.35. The van der Waals surface area contributed by atoms with Gasteiger partial charge in [0.25, 0.3) is 0 Å². The van der Waals surface area contributed by atoms with E-state index in [1.54, 1.807) is 23.6 Å². The number of aromatic nitrogens is 3. The maximum atomic E-state index is 16.1. The molecule has 0 bridgehead atoms. The number of benzene rings is 3. The van der Waals surface area contributed by atoms with Crippen molar-refractivity contribution in [1.82, 2.24) is 45.3 Å². The van der Waals surface area contributed by atoms with E-state index in [-0.39, 0.29) is 62.4 Å². The van der Waals surface area contributed by atoms with Gasteiger partial charge in [0.2, 0.25) is 34.4 Å². The first-order chi connectivity index (χ1) is 39.7. The number of carbonyl (C=O) groups is 4. The lowest BCUT2D eigenvalue weighted by atomic mass is 9.85. The summed E-state index contributed by atoms with van der Waals surface area (Å²) in [7, 11) is -3.50. The van der Waals surface area contributed by atoms with Gasteiger partial charge in [0.15, 0.2) is 5.82 Å². The Bertz CT molecular complexity index is 3410. The number of H-pyrrole nitrogens is 1. The zero-order chi connectivity index (χ0) is 58.9. The summed E-state index contributed by atoms with van der Waals surface area (Å²) in [6, 6.07) is 17.3. The largest absolute Gasteiger partial charge is 0.391 e. The van der Waals surface area contributed by atoms with E-state index in [1.165, 1.54) is 11.1 Å². The number of nitrogens with one attached hydrogen (secondary N) is 3. The maximum absolute atomic E-state index is 16.1. The summed E-state index contributed by atoms with van der Waals surface area (Å²) in [6.45, 7) is 15.2. The van der Waals surface area contributed by atoms with Gasteiger partial charge in [-0.25, -0.2) is 36.6 Å². The molecule has 4 aliphatic heterocycles.